The van der Waals surface area contributed by atoms with E-state index in [9.17, 15) is 9.90 Å². The molecule has 0 fully saturated rings. The highest BCUT2D eigenvalue weighted by Crippen LogP contribution is 2.24. The van der Waals surface area contributed by atoms with Crippen molar-refractivity contribution in [3.8, 4) is 0 Å². The van der Waals surface area contributed by atoms with Crippen LogP contribution in [0.15, 0.2) is 18.2 Å². The van der Waals surface area contributed by atoms with Gasteiger partial charge in [-0.05, 0) is 30.7 Å². The smallest absolute Gasteiger partial charge is 0.354 e. The number of carboxylic acids is 1. The van der Waals surface area contributed by atoms with Crippen LogP contribution in [0.1, 0.15) is 27.3 Å². The average Bonchev–Trinajstić information content (AvgIpc) is 2.65. The molecule has 0 spiro atoms. The van der Waals surface area contributed by atoms with Gasteiger partial charge in [0.05, 0.1) is 18.8 Å². The van der Waals surface area contributed by atoms with E-state index in [1.165, 1.54) is 4.68 Å². The van der Waals surface area contributed by atoms with E-state index in [1.807, 2.05) is 0 Å². The number of aromatic carboxylic acids is 1. The summed E-state index contributed by atoms with van der Waals surface area (Å²) in [7, 11) is 0. The number of rotatable bonds is 5. The van der Waals surface area contributed by atoms with E-state index in [2.05, 4.69) is 5.10 Å². The summed E-state index contributed by atoms with van der Waals surface area (Å²) >= 11 is 11.9. The molecule has 7 heteroatoms. The summed E-state index contributed by atoms with van der Waals surface area (Å²) in [4.78, 5) is 11.5. The molecule has 0 amide bonds. The fourth-order valence-corrected chi connectivity index (χ4v) is 2.81. The highest BCUT2D eigenvalue weighted by Gasteiger charge is 2.21. The second-order valence-corrected chi connectivity index (χ2v) is 5.49. The Hall–Kier alpha value is -1.56. The molecule has 0 saturated carbocycles. The minimum absolute atomic E-state index is 0.0812. The molecule has 0 aliphatic heterocycles. The molecule has 21 heavy (non-hydrogen) atoms. The third-order valence-electron chi connectivity index (χ3n) is 3.07. The van der Waals surface area contributed by atoms with Crippen LogP contribution in [0, 0.1) is 6.92 Å². The van der Waals surface area contributed by atoms with Gasteiger partial charge < -0.3 is 10.2 Å². The standard InChI is InChI=1S/C14H14Cl2N2O3/c1-8-12(6-9-4-10(15)7-11(16)5-9)13(14(20)21)18(17-8)2-3-19/h4-5,7,19H,2-3,6H2,1H3,(H,20,21). The Labute approximate surface area is 131 Å². The van der Waals surface area contributed by atoms with Crippen molar-refractivity contribution in [2.75, 3.05) is 6.61 Å². The first kappa shape index (κ1) is 15.8. The molecule has 2 rings (SSSR count). The number of carboxylic acid groups (broad SMARTS) is 1. The third-order valence-corrected chi connectivity index (χ3v) is 3.51. The Morgan fingerprint density at radius 2 is 1.90 bits per heavy atom. The van der Waals surface area contributed by atoms with E-state index >= 15 is 0 Å². The number of halogens is 2. The van der Waals surface area contributed by atoms with Gasteiger partial charge in [0.25, 0.3) is 0 Å². The summed E-state index contributed by atoms with van der Waals surface area (Å²) in [6.07, 6.45) is 0.360. The van der Waals surface area contributed by atoms with Crippen LogP contribution < -0.4 is 0 Å². The van der Waals surface area contributed by atoms with E-state index in [4.69, 9.17) is 28.3 Å². The van der Waals surface area contributed by atoms with Crippen molar-refractivity contribution >= 4 is 29.2 Å². The van der Waals surface area contributed by atoms with Gasteiger partial charge >= 0.3 is 5.97 Å². The monoisotopic (exact) mass is 328 g/mol. The first-order valence-electron chi connectivity index (χ1n) is 6.27. The van der Waals surface area contributed by atoms with E-state index in [1.54, 1.807) is 25.1 Å². The SMILES string of the molecule is Cc1nn(CCO)c(C(=O)O)c1Cc1cc(Cl)cc(Cl)c1. The van der Waals surface area contributed by atoms with Crippen molar-refractivity contribution in [2.45, 2.75) is 19.9 Å². The fraction of sp³-hybridized carbons (Fsp3) is 0.286. The normalized spacial score (nSPS) is 10.9. The van der Waals surface area contributed by atoms with Gasteiger partial charge in [-0.15, -0.1) is 0 Å². The largest absolute Gasteiger partial charge is 0.477 e. The molecular weight excluding hydrogens is 315 g/mol. The van der Waals surface area contributed by atoms with Crippen molar-refractivity contribution in [1.82, 2.24) is 9.78 Å². The molecule has 0 aliphatic rings. The predicted octanol–water partition coefficient (Wildman–Crippen LogP) is 2.78. The van der Waals surface area contributed by atoms with Gasteiger partial charge in [-0.3, -0.25) is 4.68 Å². The van der Waals surface area contributed by atoms with Crippen LogP contribution in [0.5, 0.6) is 0 Å². The molecule has 0 bridgehead atoms. The van der Waals surface area contributed by atoms with Gasteiger partial charge in [0.15, 0.2) is 0 Å². The molecule has 1 aromatic carbocycles. The van der Waals surface area contributed by atoms with Crippen LogP contribution >= 0.6 is 23.2 Å². The second kappa shape index (κ2) is 6.47. The highest BCUT2D eigenvalue weighted by molar-refractivity contribution is 6.34. The maximum Gasteiger partial charge on any atom is 0.354 e. The van der Waals surface area contributed by atoms with Crippen molar-refractivity contribution in [3.63, 3.8) is 0 Å². The van der Waals surface area contributed by atoms with Crippen LogP contribution in [-0.4, -0.2) is 32.6 Å². The van der Waals surface area contributed by atoms with E-state index in [0.29, 0.717) is 27.7 Å². The predicted molar refractivity (Wildman–Crippen MR) is 80.3 cm³/mol. The molecule has 0 saturated heterocycles. The van der Waals surface area contributed by atoms with Crippen molar-refractivity contribution in [1.29, 1.82) is 0 Å². The Balaban J connectivity index is 2.45. The van der Waals surface area contributed by atoms with Gasteiger partial charge in [0.2, 0.25) is 0 Å². The topological polar surface area (TPSA) is 75.3 Å². The molecule has 1 aromatic heterocycles. The summed E-state index contributed by atoms with van der Waals surface area (Å²) in [5.74, 6) is -1.08. The molecule has 112 valence electrons. The summed E-state index contributed by atoms with van der Waals surface area (Å²) in [6, 6.07) is 5.09. The van der Waals surface area contributed by atoms with Crippen LogP contribution in [0.25, 0.3) is 0 Å². The lowest BCUT2D eigenvalue weighted by atomic mass is 10.0. The van der Waals surface area contributed by atoms with Crippen LogP contribution in [0.4, 0.5) is 0 Å². The lowest BCUT2D eigenvalue weighted by Crippen LogP contribution is -2.14. The Morgan fingerprint density at radius 3 is 2.43 bits per heavy atom. The molecule has 2 N–H and O–H groups in total. The number of aliphatic hydroxyl groups is 1. The summed E-state index contributed by atoms with van der Waals surface area (Å²) in [5.41, 5.74) is 2.09. The molecular formula is C14H14Cl2N2O3. The summed E-state index contributed by atoms with van der Waals surface area (Å²) in [6.45, 7) is 1.70. The van der Waals surface area contributed by atoms with Crippen LogP contribution in [0.2, 0.25) is 10.0 Å². The average molecular weight is 329 g/mol. The number of aromatic nitrogens is 2. The number of nitrogens with zero attached hydrogens (tertiary/aromatic N) is 2. The minimum Gasteiger partial charge on any atom is -0.477 e. The quantitative estimate of drug-likeness (QED) is 0.884. The van der Waals surface area contributed by atoms with Crippen molar-refractivity contribution < 1.29 is 15.0 Å². The second-order valence-electron chi connectivity index (χ2n) is 4.62. The number of hydrogen-bond acceptors (Lipinski definition) is 3. The van der Waals surface area contributed by atoms with Gasteiger partial charge in [0.1, 0.15) is 5.69 Å². The Bertz CT molecular complexity index is 663. The number of aryl methyl sites for hydroxylation is 1. The molecule has 5 nitrogen and oxygen atoms in total. The van der Waals surface area contributed by atoms with Crippen molar-refractivity contribution in [2.24, 2.45) is 0 Å². The van der Waals surface area contributed by atoms with Gasteiger partial charge in [-0.25, -0.2) is 4.79 Å². The number of aliphatic hydroxyl groups excluding tert-OH is 1. The number of hydrogen-bond donors (Lipinski definition) is 2. The molecule has 0 aliphatic carbocycles. The highest BCUT2D eigenvalue weighted by atomic mass is 35.5. The summed E-state index contributed by atoms with van der Waals surface area (Å²) < 4.78 is 1.30. The van der Waals surface area contributed by atoms with Crippen molar-refractivity contribution in [3.05, 3.63) is 50.8 Å². The molecule has 0 unspecified atom stereocenters. The van der Waals surface area contributed by atoms with E-state index < -0.39 is 5.97 Å². The third kappa shape index (κ3) is 3.56. The lowest BCUT2D eigenvalue weighted by Gasteiger charge is -2.06. The Kier molecular flexibility index (Phi) is 4.88. The zero-order valence-electron chi connectivity index (χ0n) is 11.3. The van der Waals surface area contributed by atoms with E-state index in [-0.39, 0.29) is 18.8 Å². The molecule has 0 radical (unpaired) electrons. The van der Waals surface area contributed by atoms with Gasteiger partial charge in [-0.1, -0.05) is 23.2 Å². The van der Waals surface area contributed by atoms with Crippen LogP contribution in [0.3, 0.4) is 0 Å². The van der Waals surface area contributed by atoms with E-state index in [0.717, 1.165) is 5.56 Å². The Morgan fingerprint density at radius 1 is 1.29 bits per heavy atom. The lowest BCUT2D eigenvalue weighted by molar-refractivity contribution is 0.0680. The molecule has 1 heterocycles. The van der Waals surface area contributed by atoms with Crippen LogP contribution in [-0.2, 0) is 13.0 Å². The zero-order valence-corrected chi connectivity index (χ0v) is 12.8. The van der Waals surface area contributed by atoms with Gasteiger partial charge in [0, 0.05) is 22.0 Å². The van der Waals surface area contributed by atoms with Gasteiger partial charge in [-0.2, -0.15) is 5.10 Å². The fourth-order valence-electron chi connectivity index (χ4n) is 2.24. The maximum absolute atomic E-state index is 11.5. The number of benzene rings is 1. The number of carbonyl (C=O) groups is 1. The first-order chi connectivity index (χ1) is 9.92. The molecule has 0 atom stereocenters. The maximum atomic E-state index is 11.5. The first-order valence-corrected chi connectivity index (χ1v) is 7.03. The minimum atomic E-state index is -1.08. The summed E-state index contributed by atoms with van der Waals surface area (Å²) in [5, 5.41) is 23.5. The molecule has 2 aromatic rings. The zero-order chi connectivity index (χ0) is 15.6.